The number of pyridine rings is 1. The molecule has 3 nitrogen and oxygen atoms in total. The number of hydrogen-bond acceptors (Lipinski definition) is 4. The average Bonchev–Trinajstić information content (AvgIpc) is 2.75. The Morgan fingerprint density at radius 1 is 1.33 bits per heavy atom. The van der Waals surface area contributed by atoms with E-state index in [4.69, 9.17) is 5.73 Å². The zero-order chi connectivity index (χ0) is 13.0. The Balaban J connectivity index is 1.91. The molecule has 0 saturated carbocycles. The normalized spacial score (nSPS) is 12.6. The van der Waals surface area contributed by atoms with E-state index in [0.717, 1.165) is 35.7 Å². The molecule has 2 aromatic rings. The van der Waals surface area contributed by atoms with Crippen molar-refractivity contribution in [2.75, 3.05) is 0 Å². The van der Waals surface area contributed by atoms with E-state index in [1.807, 2.05) is 13.1 Å². The number of aryl methyl sites for hydroxylation is 2. The Hall–Kier alpha value is -1.26. The summed E-state index contributed by atoms with van der Waals surface area (Å²) in [4.78, 5) is 8.88. The van der Waals surface area contributed by atoms with Gasteiger partial charge in [-0.15, -0.1) is 11.3 Å². The topological polar surface area (TPSA) is 51.8 Å². The second-order valence-electron chi connectivity index (χ2n) is 4.56. The van der Waals surface area contributed by atoms with Crippen LogP contribution in [0.3, 0.4) is 0 Å². The van der Waals surface area contributed by atoms with Crippen LogP contribution in [0.2, 0.25) is 0 Å². The number of nitrogens with zero attached hydrogens (tertiary/aromatic N) is 2. The maximum absolute atomic E-state index is 6.14. The molecule has 96 valence electrons. The lowest BCUT2D eigenvalue weighted by Gasteiger charge is -2.09. The summed E-state index contributed by atoms with van der Waals surface area (Å²) in [5.41, 5.74) is 9.55. The largest absolute Gasteiger partial charge is 0.327 e. The van der Waals surface area contributed by atoms with Gasteiger partial charge in [0.2, 0.25) is 0 Å². The SMILES string of the molecule is CCc1ccc(CC(N)Cc2nc(C)cs2)nc1. The number of rotatable bonds is 5. The van der Waals surface area contributed by atoms with E-state index in [0.29, 0.717) is 0 Å². The molecule has 2 heterocycles. The lowest BCUT2D eigenvalue weighted by Crippen LogP contribution is -2.25. The van der Waals surface area contributed by atoms with Crippen molar-refractivity contribution in [3.63, 3.8) is 0 Å². The van der Waals surface area contributed by atoms with Crippen LogP contribution < -0.4 is 5.73 Å². The average molecular weight is 261 g/mol. The monoisotopic (exact) mass is 261 g/mol. The molecule has 1 unspecified atom stereocenters. The highest BCUT2D eigenvalue weighted by Crippen LogP contribution is 2.12. The molecular weight excluding hydrogens is 242 g/mol. The predicted molar refractivity (Wildman–Crippen MR) is 75.8 cm³/mol. The molecule has 2 rings (SSSR count). The van der Waals surface area contributed by atoms with Crippen molar-refractivity contribution in [2.24, 2.45) is 5.73 Å². The van der Waals surface area contributed by atoms with Crippen molar-refractivity contribution in [2.45, 2.75) is 39.2 Å². The lowest BCUT2D eigenvalue weighted by atomic mass is 10.1. The fraction of sp³-hybridized carbons (Fsp3) is 0.429. The van der Waals surface area contributed by atoms with Gasteiger partial charge in [0.25, 0.3) is 0 Å². The Bertz CT molecular complexity index is 490. The first-order chi connectivity index (χ1) is 8.67. The molecule has 2 aromatic heterocycles. The lowest BCUT2D eigenvalue weighted by molar-refractivity contribution is 0.651. The molecule has 0 saturated heterocycles. The van der Waals surface area contributed by atoms with Gasteiger partial charge in [0, 0.05) is 41.8 Å². The molecule has 0 fully saturated rings. The fourth-order valence-corrected chi connectivity index (χ4v) is 2.71. The van der Waals surface area contributed by atoms with Crippen LogP contribution >= 0.6 is 11.3 Å². The van der Waals surface area contributed by atoms with Gasteiger partial charge in [-0.05, 0) is 25.0 Å². The van der Waals surface area contributed by atoms with Crippen LogP contribution in [0.4, 0.5) is 0 Å². The highest BCUT2D eigenvalue weighted by molar-refractivity contribution is 7.09. The predicted octanol–water partition coefficient (Wildman–Crippen LogP) is 2.52. The number of aromatic nitrogens is 2. The molecule has 0 aliphatic carbocycles. The van der Waals surface area contributed by atoms with Crippen LogP contribution in [0.25, 0.3) is 0 Å². The minimum atomic E-state index is 0.0931. The smallest absolute Gasteiger partial charge is 0.0943 e. The second-order valence-corrected chi connectivity index (χ2v) is 5.50. The molecular formula is C14H19N3S. The van der Waals surface area contributed by atoms with Crippen molar-refractivity contribution < 1.29 is 0 Å². The van der Waals surface area contributed by atoms with Gasteiger partial charge in [-0.2, -0.15) is 0 Å². The molecule has 4 heteroatoms. The van der Waals surface area contributed by atoms with Crippen molar-refractivity contribution in [3.8, 4) is 0 Å². The molecule has 1 atom stereocenters. The summed E-state index contributed by atoms with van der Waals surface area (Å²) in [5.74, 6) is 0. The summed E-state index contributed by atoms with van der Waals surface area (Å²) in [5, 5.41) is 3.18. The van der Waals surface area contributed by atoms with Crippen LogP contribution in [0, 0.1) is 6.92 Å². The van der Waals surface area contributed by atoms with E-state index < -0.39 is 0 Å². The molecule has 18 heavy (non-hydrogen) atoms. The molecule has 0 spiro atoms. The van der Waals surface area contributed by atoms with Crippen molar-refractivity contribution in [1.29, 1.82) is 0 Å². The van der Waals surface area contributed by atoms with Gasteiger partial charge >= 0.3 is 0 Å². The van der Waals surface area contributed by atoms with Crippen LogP contribution in [-0.4, -0.2) is 16.0 Å². The summed E-state index contributed by atoms with van der Waals surface area (Å²) in [6.07, 6.45) is 4.60. The highest BCUT2D eigenvalue weighted by Gasteiger charge is 2.09. The third kappa shape index (κ3) is 3.62. The second kappa shape index (κ2) is 6.07. The van der Waals surface area contributed by atoms with Gasteiger partial charge in [0.15, 0.2) is 0 Å². The standard InChI is InChI=1S/C14H19N3S/c1-3-11-4-5-13(16-8-11)6-12(15)7-14-17-10(2)9-18-14/h4-5,8-9,12H,3,6-7,15H2,1-2H3. The van der Waals surface area contributed by atoms with Crippen LogP contribution in [0.1, 0.15) is 28.9 Å². The van der Waals surface area contributed by atoms with Crippen LogP contribution in [-0.2, 0) is 19.3 Å². The van der Waals surface area contributed by atoms with E-state index in [9.17, 15) is 0 Å². The van der Waals surface area contributed by atoms with Gasteiger partial charge < -0.3 is 5.73 Å². The summed E-state index contributed by atoms with van der Waals surface area (Å²) in [6.45, 7) is 4.14. The van der Waals surface area contributed by atoms with Gasteiger partial charge in [-0.25, -0.2) is 4.98 Å². The first kappa shape index (κ1) is 13.2. The highest BCUT2D eigenvalue weighted by atomic mass is 32.1. The molecule has 0 aliphatic heterocycles. The van der Waals surface area contributed by atoms with Crippen LogP contribution in [0.5, 0.6) is 0 Å². The van der Waals surface area contributed by atoms with Crippen molar-refractivity contribution >= 4 is 11.3 Å². The summed E-state index contributed by atoms with van der Waals surface area (Å²) < 4.78 is 0. The molecule has 0 bridgehead atoms. The van der Waals surface area contributed by atoms with Crippen LogP contribution in [0.15, 0.2) is 23.7 Å². The minimum absolute atomic E-state index is 0.0931. The zero-order valence-corrected chi connectivity index (χ0v) is 11.7. The van der Waals surface area contributed by atoms with Gasteiger partial charge in [0.05, 0.1) is 5.01 Å². The van der Waals surface area contributed by atoms with E-state index in [1.165, 1.54) is 5.56 Å². The van der Waals surface area contributed by atoms with Crippen molar-refractivity contribution in [3.05, 3.63) is 45.7 Å². The quantitative estimate of drug-likeness (QED) is 0.899. The van der Waals surface area contributed by atoms with E-state index in [1.54, 1.807) is 11.3 Å². The van der Waals surface area contributed by atoms with Crippen molar-refractivity contribution in [1.82, 2.24) is 9.97 Å². The Morgan fingerprint density at radius 2 is 2.17 bits per heavy atom. The fourth-order valence-electron chi connectivity index (χ4n) is 1.85. The molecule has 0 aliphatic rings. The number of hydrogen-bond donors (Lipinski definition) is 1. The first-order valence-corrected chi connectivity index (χ1v) is 7.15. The van der Waals surface area contributed by atoms with Gasteiger partial charge in [0.1, 0.15) is 0 Å². The number of nitrogens with two attached hydrogens (primary N) is 1. The summed E-state index contributed by atoms with van der Waals surface area (Å²) in [6, 6.07) is 4.30. The molecule has 0 aromatic carbocycles. The maximum Gasteiger partial charge on any atom is 0.0943 e. The van der Waals surface area contributed by atoms with E-state index >= 15 is 0 Å². The molecule has 0 radical (unpaired) electrons. The number of thiazole rings is 1. The third-order valence-electron chi connectivity index (χ3n) is 2.87. The Kier molecular flexibility index (Phi) is 4.44. The van der Waals surface area contributed by atoms with E-state index in [2.05, 4.69) is 34.4 Å². The summed E-state index contributed by atoms with van der Waals surface area (Å²) in [7, 11) is 0. The minimum Gasteiger partial charge on any atom is -0.327 e. The maximum atomic E-state index is 6.14. The molecule has 0 amide bonds. The zero-order valence-electron chi connectivity index (χ0n) is 10.9. The first-order valence-electron chi connectivity index (χ1n) is 6.27. The van der Waals surface area contributed by atoms with Gasteiger partial charge in [-0.3, -0.25) is 4.98 Å². The third-order valence-corrected chi connectivity index (χ3v) is 3.86. The van der Waals surface area contributed by atoms with E-state index in [-0.39, 0.29) is 6.04 Å². The Morgan fingerprint density at radius 3 is 2.72 bits per heavy atom. The van der Waals surface area contributed by atoms with Gasteiger partial charge in [-0.1, -0.05) is 13.0 Å². The molecule has 2 N–H and O–H groups in total. The summed E-state index contributed by atoms with van der Waals surface area (Å²) >= 11 is 1.68. The Labute approximate surface area is 112 Å².